The van der Waals surface area contributed by atoms with Crippen LogP contribution in [0.2, 0.25) is 0 Å². The third-order valence-corrected chi connectivity index (χ3v) is 3.08. The molecule has 0 unspecified atom stereocenters. The number of nitrogens with two attached hydrogens (primary N) is 1. The summed E-state index contributed by atoms with van der Waals surface area (Å²) < 4.78 is 0. The highest BCUT2D eigenvalue weighted by molar-refractivity contribution is 7.13. The molecule has 2 rings (SSSR count). The van der Waals surface area contributed by atoms with E-state index >= 15 is 0 Å². The fourth-order valence-electron chi connectivity index (χ4n) is 1.55. The first-order chi connectivity index (χ1) is 7.66. The van der Waals surface area contributed by atoms with Crippen LogP contribution in [0.25, 0.3) is 0 Å². The molecule has 0 aliphatic heterocycles. The number of anilines is 1. The number of carbonyl (C=O) groups is 1. The van der Waals surface area contributed by atoms with Crippen molar-refractivity contribution >= 4 is 22.3 Å². The summed E-state index contributed by atoms with van der Waals surface area (Å²) in [6.45, 7) is 1.93. The van der Waals surface area contributed by atoms with Gasteiger partial charge in [0.15, 0.2) is 10.9 Å². The first-order valence-electron chi connectivity index (χ1n) is 4.95. The Morgan fingerprint density at radius 3 is 2.81 bits per heavy atom. The normalized spacial score (nSPS) is 10.3. The van der Waals surface area contributed by atoms with Gasteiger partial charge in [-0.3, -0.25) is 4.79 Å². The van der Waals surface area contributed by atoms with Gasteiger partial charge in [-0.2, -0.15) is 0 Å². The predicted octanol–water partition coefficient (Wildman–Crippen LogP) is 2.46. The fraction of sp³-hybridized carbons (Fsp3) is 0.167. The number of rotatable bonds is 3. The maximum atomic E-state index is 12.0. The number of Topliss-reactive ketones (excluding diaryl/α,β-unsaturated/α-hetero) is 1. The Balaban J connectivity index is 2.18. The van der Waals surface area contributed by atoms with Crippen molar-refractivity contribution in [3.63, 3.8) is 0 Å². The first-order valence-corrected chi connectivity index (χ1v) is 5.83. The molecule has 0 saturated carbocycles. The van der Waals surface area contributed by atoms with Gasteiger partial charge < -0.3 is 5.73 Å². The highest BCUT2D eigenvalue weighted by atomic mass is 32.1. The molecular weight excluding hydrogens is 220 g/mol. The van der Waals surface area contributed by atoms with E-state index in [4.69, 9.17) is 5.73 Å². The molecule has 4 heteroatoms. The van der Waals surface area contributed by atoms with Crippen molar-refractivity contribution in [1.29, 1.82) is 0 Å². The summed E-state index contributed by atoms with van der Waals surface area (Å²) in [6.07, 6.45) is 0.318. The van der Waals surface area contributed by atoms with Crippen molar-refractivity contribution in [3.05, 3.63) is 46.5 Å². The summed E-state index contributed by atoms with van der Waals surface area (Å²) in [6, 6.07) is 7.57. The molecule has 0 bridgehead atoms. The van der Waals surface area contributed by atoms with Crippen LogP contribution in [0.15, 0.2) is 29.6 Å². The van der Waals surface area contributed by atoms with Gasteiger partial charge in [0, 0.05) is 10.9 Å². The van der Waals surface area contributed by atoms with Gasteiger partial charge in [0.1, 0.15) is 0 Å². The zero-order valence-corrected chi connectivity index (χ0v) is 9.75. The number of thiazole rings is 1. The molecule has 0 aliphatic carbocycles. The Bertz CT molecular complexity index is 519. The summed E-state index contributed by atoms with van der Waals surface area (Å²) in [5, 5.41) is 2.33. The van der Waals surface area contributed by atoms with Gasteiger partial charge in [-0.25, -0.2) is 4.98 Å². The van der Waals surface area contributed by atoms with Crippen LogP contribution in [-0.2, 0) is 6.42 Å². The molecule has 0 aliphatic rings. The lowest BCUT2D eigenvalue weighted by atomic mass is 10.0. The van der Waals surface area contributed by atoms with Crippen LogP contribution in [0.4, 0.5) is 5.13 Å². The van der Waals surface area contributed by atoms with E-state index in [-0.39, 0.29) is 5.78 Å². The summed E-state index contributed by atoms with van der Waals surface area (Å²) in [4.78, 5) is 16.0. The summed E-state index contributed by atoms with van der Waals surface area (Å²) >= 11 is 1.36. The van der Waals surface area contributed by atoms with Crippen molar-refractivity contribution in [2.75, 3.05) is 5.73 Å². The average molecular weight is 232 g/mol. The summed E-state index contributed by atoms with van der Waals surface area (Å²) in [5.74, 6) is 0.0865. The summed E-state index contributed by atoms with van der Waals surface area (Å²) in [7, 11) is 0. The molecule has 0 spiro atoms. The van der Waals surface area contributed by atoms with Crippen LogP contribution in [0.1, 0.15) is 21.6 Å². The largest absolute Gasteiger partial charge is 0.375 e. The lowest BCUT2D eigenvalue weighted by molar-refractivity contribution is 0.0991. The van der Waals surface area contributed by atoms with Gasteiger partial charge in [-0.1, -0.05) is 24.3 Å². The van der Waals surface area contributed by atoms with E-state index in [2.05, 4.69) is 4.98 Å². The minimum Gasteiger partial charge on any atom is -0.375 e. The van der Waals surface area contributed by atoms with E-state index in [0.717, 1.165) is 16.8 Å². The van der Waals surface area contributed by atoms with Gasteiger partial charge in [0.05, 0.1) is 12.1 Å². The number of nitrogens with zero attached hydrogens (tertiary/aromatic N) is 1. The van der Waals surface area contributed by atoms with Crippen LogP contribution >= 0.6 is 11.3 Å². The molecule has 0 atom stereocenters. The molecule has 0 amide bonds. The first kappa shape index (κ1) is 10.8. The minimum absolute atomic E-state index is 0.0865. The van der Waals surface area contributed by atoms with Gasteiger partial charge in [-0.15, -0.1) is 11.3 Å². The zero-order valence-electron chi connectivity index (χ0n) is 8.93. The Morgan fingerprint density at radius 1 is 1.44 bits per heavy atom. The van der Waals surface area contributed by atoms with Gasteiger partial charge in [0.2, 0.25) is 0 Å². The molecule has 0 saturated heterocycles. The number of hydrogen-bond donors (Lipinski definition) is 1. The highest BCUT2D eigenvalue weighted by Crippen LogP contribution is 2.15. The van der Waals surface area contributed by atoms with Crippen LogP contribution in [0.3, 0.4) is 0 Å². The average Bonchev–Trinajstić information content (AvgIpc) is 2.64. The predicted molar refractivity (Wildman–Crippen MR) is 65.7 cm³/mol. The molecule has 1 heterocycles. The number of nitrogen functional groups attached to an aromatic ring is 1. The van der Waals surface area contributed by atoms with Gasteiger partial charge in [0.25, 0.3) is 0 Å². The lowest BCUT2D eigenvalue weighted by Gasteiger charge is -2.02. The number of ketones is 1. The van der Waals surface area contributed by atoms with Crippen LogP contribution in [0.5, 0.6) is 0 Å². The van der Waals surface area contributed by atoms with E-state index in [1.165, 1.54) is 11.3 Å². The van der Waals surface area contributed by atoms with Crippen molar-refractivity contribution in [2.45, 2.75) is 13.3 Å². The monoisotopic (exact) mass is 232 g/mol. The van der Waals surface area contributed by atoms with Crippen molar-refractivity contribution < 1.29 is 4.79 Å². The number of hydrogen-bond acceptors (Lipinski definition) is 4. The second kappa shape index (κ2) is 4.45. The van der Waals surface area contributed by atoms with E-state index < -0.39 is 0 Å². The standard InChI is InChI=1S/C12H12N2OS/c1-8-4-2-3-5-10(8)11(15)6-9-7-16-12(13)14-9/h2-5,7H,6H2,1H3,(H2,13,14). The van der Waals surface area contributed by atoms with Crippen LogP contribution in [-0.4, -0.2) is 10.8 Å². The molecule has 16 heavy (non-hydrogen) atoms. The van der Waals surface area contributed by atoms with Crippen molar-refractivity contribution in [2.24, 2.45) is 0 Å². The Morgan fingerprint density at radius 2 is 2.19 bits per heavy atom. The maximum Gasteiger partial charge on any atom is 0.180 e. The van der Waals surface area contributed by atoms with Gasteiger partial charge in [-0.05, 0) is 12.5 Å². The van der Waals surface area contributed by atoms with Crippen molar-refractivity contribution in [1.82, 2.24) is 4.98 Å². The number of aromatic nitrogens is 1. The quantitative estimate of drug-likeness (QED) is 0.827. The molecule has 1 aromatic carbocycles. The minimum atomic E-state index is 0.0865. The molecule has 0 fully saturated rings. The second-order valence-corrected chi connectivity index (χ2v) is 4.48. The molecular formula is C12H12N2OS. The molecule has 0 radical (unpaired) electrons. The Hall–Kier alpha value is -1.68. The fourth-order valence-corrected chi connectivity index (χ4v) is 2.11. The molecule has 2 N–H and O–H groups in total. The smallest absolute Gasteiger partial charge is 0.180 e. The zero-order chi connectivity index (χ0) is 11.5. The highest BCUT2D eigenvalue weighted by Gasteiger charge is 2.10. The summed E-state index contributed by atoms with van der Waals surface area (Å²) in [5.41, 5.74) is 8.02. The lowest BCUT2D eigenvalue weighted by Crippen LogP contribution is -2.05. The number of aryl methyl sites for hydroxylation is 1. The molecule has 82 valence electrons. The van der Waals surface area contributed by atoms with E-state index in [1.807, 2.05) is 36.6 Å². The second-order valence-electron chi connectivity index (χ2n) is 3.59. The van der Waals surface area contributed by atoms with Gasteiger partial charge >= 0.3 is 0 Å². The maximum absolute atomic E-state index is 12.0. The Kier molecular flexibility index (Phi) is 3.01. The van der Waals surface area contributed by atoms with E-state index in [1.54, 1.807) is 0 Å². The van der Waals surface area contributed by atoms with Crippen LogP contribution in [0, 0.1) is 6.92 Å². The Labute approximate surface area is 97.9 Å². The third kappa shape index (κ3) is 2.28. The van der Waals surface area contributed by atoms with Crippen LogP contribution < -0.4 is 5.73 Å². The molecule has 2 aromatic rings. The SMILES string of the molecule is Cc1ccccc1C(=O)Cc1csc(N)n1. The van der Waals surface area contributed by atoms with E-state index in [0.29, 0.717) is 11.6 Å². The number of benzene rings is 1. The molecule has 1 aromatic heterocycles. The number of carbonyl (C=O) groups excluding carboxylic acids is 1. The third-order valence-electron chi connectivity index (χ3n) is 2.36. The van der Waals surface area contributed by atoms with Crippen molar-refractivity contribution in [3.8, 4) is 0 Å². The molecule has 3 nitrogen and oxygen atoms in total. The van der Waals surface area contributed by atoms with E-state index in [9.17, 15) is 4.79 Å². The topological polar surface area (TPSA) is 56.0 Å².